The topological polar surface area (TPSA) is 9.23 Å². The highest BCUT2D eigenvalue weighted by Gasteiger charge is 2.42. The first-order valence-corrected chi connectivity index (χ1v) is 8.10. The summed E-state index contributed by atoms with van der Waals surface area (Å²) in [5.41, 5.74) is 0.841. The van der Waals surface area contributed by atoms with Crippen LogP contribution in [0.5, 0.6) is 0 Å². The van der Waals surface area contributed by atoms with Gasteiger partial charge in [-0.1, -0.05) is 53.9 Å². The van der Waals surface area contributed by atoms with Crippen molar-refractivity contribution in [3.63, 3.8) is 0 Å². The van der Waals surface area contributed by atoms with Gasteiger partial charge < -0.3 is 4.43 Å². The van der Waals surface area contributed by atoms with E-state index in [1.165, 1.54) is 32.1 Å². The first kappa shape index (κ1) is 15.2. The van der Waals surface area contributed by atoms with Gasteiger partial charge in [-0.2, -0.15) is 0 Å². The van der Waals surface area contributed by atoms with Gasteiger partial charge in [0.25, 0.3) is 0 Å². The lowest BCUT2D eigenvalue weighted by Gasteiger charge is -2.48. The Kier molecular flexibility index (Phi) is 5.27. The molecule has 0 amide bonds. The largest absolute Gasteiger partial charge is 0.428 e. The molecule has 0 heterocycles. The molecule has 0 aromatic rings. The highest BCUT2D eigenvalue weighted by Crippen LogP contribution is 2.50. The molecule has 1 fully saturated rings. The van der Waals surface area contributed by atoms with E-state index in [4.69, 9.17) is 4.43 Å². The van der Waals surface area contributed by atoms with Crippen LogP contribution < -0.4 is 0 Å². The van der Waals surface area contributed by atoms with Crippen LogP contribution in [0.1, 0.15) is 66.7 Å². The van der Waals surface area contributed by atoms with Crippen LogP contribution >= 0.6 is 0 Å². The van der Waals surface area contributed by atoms with Gasteiger partial charge >= 0.3 is 0 Å². The maximum absolute atomic E-state index is 5.61. The third kappa shape index (κ3) is 3.82. The van der Waals surface area contributed by atoms with Crippen molar-refractivity contribution in [2.45, 2.75) is 66.7 Å². The Hall–Kier alpha value is 0.177. The molecule has 1 nitrogen and oxygen atoms in total. The molecular weight excluding hydrogens is 224 g/mol. The van der Waals surface area contributed by atoms with Gasteiger partial charge in [-0.05, 0) is 35.5 Å². The summed E-state index contributed by atoms with van der Waals surface area (Å²) >= 11 is 0. The standard InChI is InChI=1S/C15H32OSi/c1-14(2,3)13-10-8-6-7-9-12(11-16-17)15(13,4)5/h12-13H,6-11H2,1-5,17H3. The van der Waals surface area contributed by atoms with E-state index in [2.05, 4.69) is 34.6 Å². The molecule has 102 valence electrons. The normalized spacial score (nSPS) is 30.9. The van der Waals surface area contributed by atoms with Crippen molar-refractivity contribution < 1.29 is 4.43 Å². The summed E-state index contributed by atoms with van der Waals surface area (Å²) in [5, 5.41) is 0. The molecule has 0 N–H and O–H groups in total. The molecule has 0 bridgehead atoms. The minimum atomic E-state index is 0.420. The second-order valence-electron chi connectivity index (χ2n) is 7.53. The molecule has 0 spiro atoms. The van der Waals surface area contributed by atoms with Gasteiger partial charge in [0.15, 0.2) is 0 Å². The first-order chi connectivity index (χ1) is 7.80. The Morgan fingerprint density at radius 3 is 2.24 bits per heavy atom. The molecule has 2 unspecified atom stereocenters. The van der Waals surface area contributed by atoms with E-state index in [1.807, 2.05) is 0 Å². The van der Waals surface area contributed by atoms with Crippen LogP contribution in [-0.2, 0) is 4.43 Å². The van der Waals surface area contributed by atoms with Crippen molar-refractivity contribution in [3.8, 4) is 0 Å². The number of hydrogen-bond acceptors (Lipinski definition) is 1. The molecule has 0 aromatic heterocycles. The molecule has 0 saturated heterocycles. The molecule has 0 aromatic carbocycles. The fourth-order valence-electron chi connectivity index (χ4n) is 3.99. The van der Waals surface area contributed by atoms with Crippen molar-refractivity contribution >= 4 is 10.5 Å². The fraction of sp³-hybridized carbons (Fsp3) is 1.00. The summed E-state index contributed by atoms with van der Waals surface area (Å²) in [6, 6.07) is 0. The molecule has 0 radical (unpaired) electrons. The summed E-state index contributed by atoms with van der Waals surface area (Å²) in [5.74, 6) is 1.57. The van der Waals surface area contributed by atoms with E-state index < -0.39 is 0 Å². The lowest BCUT2D eigenvalue weighted by atomic mass is 9.57. The maximum Gasteiger partial charge on any atom is 0.145 e. The van der Waals surface area contributed by atoms with E-state index in [9.17, 15) is 0 Å². The molecule has 0 aliphatic heterocycles. The maximum atomic E-state index is 5.61. The lowest BCUT2D eigenvalue weighted by molar-refractivity contribution is -0.00705. The predicted octanol–water partition coefficient (Wildman–Crippen LogP) is 3.55. The molecule has 1 rings (SSSR count). The van der Waals surface area contributed by atoms with Crippen LogP contribution in [0.15, 0.2) is 0 Å². The summed E-state index contributed by atoms with van der Waals surface area (Å²) in [6.45, 7) is 13.2. The van der Waals surface area contributed by atoms with Gasteiger partial charge in [-0.25, -0.2) is 0 Å². The van der Waals surface area contributed by atoms with E-state index >= 15 is 0 Å². The highest BCUT2D eigenvalue weighted by atomic mass is 28.2. The van der Waals surface area contributed by atoms with E-state index in [0.29, 0.717) is 10.8 Å². The van der Waals surface area contributed by atoms with E-state index in [0.717, 1.165) is 28.9 Å². The zero-order valence-corrected chi connectivity index (χ0v) is 14.8. The van der Waals surface area contributed by atoms with E-state index in [-0.39, 0.29) is 0 Å². The predicted molar refractivity (Wildman–Crippen MR) is 79.2 cm³/mol. The third-order valence-corrected chi connectivity index (χ3v) is 5.24. The molecular formula is C15H32OSi. The lowest BCUT2D eigenvalue weighted by Crippen LogP contribution is -2.42. The van der Waals surface area contributed by atoms with Gasteiger partial charge in [0.05, 0.1) is 0 Å². The quantitative estimate of drug-likeness (QED) is 0.687. The monoisotopic (exact) mass is 256 g/mol. The average molecular weight is 257 g/mol. The van der Waals surface area contributed by atoms with Crippen molar-refractivity contribution in [1.29, 1.82) is 0 Å². The van der Waals surface area contributed by atoms with Crippen LogP contribution in [0.3, 0.4) is 0 Å². The van der Waals surface area contributed by atoms with Gasteiger partial charge in [0, 0.05) is 6.61 Å². The minimum absolute atomic E-state index is 0.420. The zero-order valence-electron chi connectivity index (χ0n) is 12.8. The van der Waals surface area contributed by atoms with E-state index in [1.54, 1.807) is 0 Å². The Balaban J connectivity index is 2.91. The van der Waals surface area contributed by atoms with Crippen LogP contribution in [0.25, 0.3) is 0 Å². The van der Waals surface area contributed by atoms with Crippen molar-refractivity contribution in [2.75, 3.05) is 6.61 Å². The van der Waals surface area contributed by atoms with Crippen molar-refractivity contribution in [1.82, 2.24) is 0 Å². The Morgan fingerprint density at radius 1 is 1.12 bits per heavy atom. The molecule has 1 aliphatic rings. The molecule has 2 atom stereocenters. The molecule has 1 saturated carbocycles. The van der Waals surface area contributed by atoms with Crippen molar-refractivity contribution in [3.05, 3.63) is 0 Å². The summed E-state index contributed by atoms with van der Waals surface area (Å²) in [6.07, 6.45) is 6.99. The average Bonchev–Trinajstić information content (AvgIpc) is 2.16. The van der Waals surface area contributed by atoms with Crippen LogP contribution in [0, 0.1) is 22.7 Å². The van der Waals surface area contributed by atoms with Crippen LogP contribution in [0.4, 0.5) is 0 Å². The van der Waals surface area contributed by atoms with Crippen LogP contribution in [-0.4, -0.2) is 17.1 Å². The number of hydrogen-bond donors (Lipinski definition) is 0. The summed E-state index contributed by atoms with van der Waals surface area (Å²) in [7, 11) is 0.882. The number of rotatable bonds is 2. The summed E-state index contributed by atoms with van der Waals surface area (Å²) in [4.78, 5) is 0. The zero-order chi connectivity index (χ0) is 13.1. The second kappa shape index (κ2) is 5.88. The Morgan fingerprint density at radius 2 is 1.71 bits per heavy atom. The SMILES string of the molecule is CC(C)(C)C1CCCCCC(CO[SiH3])C1(C)C. The first-order valence-electron chi connectivity index (χ1n) is 7.29. The van der Waals surface area contributed by atoms with Gasteiger partial charge in [-0.3, -0.25) is 0 Å². The fourth-order valence-corrected chi connectivity index (χ4v) is 4.40. The van der Waals surface area contributed by atoms with Gasteiger partial charge in [0.1, 0.15) is 10.5 Å². The smallest absolute Gasteiger partial charge is 0.145 e. The Labute approximate surface area is 111 Å². The Bertz CT molecular complexity index is 230. The van der Waals surface area contributed by atoms with Gasteiger partial charge in [-0.15, -0.1) is 0 Å². The molecule has 2 heteroatoms. The molecule has 1 aliphatic carbocycles. The third-order valence-electron chi connectivity index (χ3n) is 4.91. The second-order valence-corrected chi connectivity index (χ2v) is 8.11. The summed E-state index contributed by atoms with van der Waals surface area (Å²) < 4.78 is 5.61. The molecule has 17 heavy (non-hydrogen) atoms. The van der Waals surface area contributed by atoms with Crippen molar-refractivity contribution in [2.24, 2.45) is 22.7 Å². The van der Waals surface area contributed by atoms with Gasteiger partial charge in [0.2, 0.25) is 0 Å². The highest BCUT2D eigenvalue weighted by molar-refractivity contribution is 5.97. The minimum Gasteiger partial charge on any atom is -0.428 e. The van der Waals surface area contributed by atoms with Crippen LogP contribution in [0.2, 0.25) is 0 Å².